The lowest BCUT2D eigenvalue weighted by atomic mass is 10.1. The fraction of sp³-hybridized carbons (Fsp3) is 0.0303. The van der Waals surface area contributed by atoms with E-state index in [2.05, 4.69) is 84.9 Å². The predicted octanol–water partition coefficient (Wildman–Crippen LogP) is 8.13. The Bertz CT molecular complexity index is 1640. The van der Waals surface area contributed by atoms with Gasteiger partial charge >= 0.3 is 7.25 Å². The number of benzene rings is 4. The molecule has 0 aliphatic carbocycles. The molecule has 0 aliphatic rings. The Hall–Kier alpha value is -4.55. The molecule has 0 radical (unpaired) electrons. The van der Waals surface area contributed by atoms with Gasteiger partial charge in [0.25, 0.3) is 5.50 Å². The van der Waals surface area contributed by atoms with Crippen LogP contribution in [0.5, 0.6) is 5.75 Å². The van der Waals surface area contributed by atoms with Crippen molar-refractivity contribution >= 4 is 35.9 Å². The van der Waals surface area contributed by atoms with Crippen LogP contribution in [0.1, 0.15) is 0 Å². The highest BCUT2D eigenvalue weighted by molar-refractivity contribution is 8.01. The van der Waals surface area contributed by atoms with Crippen LogP contribution >= 0.6 is 7.26 Å². The molecule has 6 rings (SSSR count). The molecule has 0 fully saturated rings. The molecule has 3 nitrogen and oxygen atoms in total. The molecule has 0 spiro atoms. The van der Waals surface area contributed by atoms with Crippen molar-refractivity contribution in [3.63, 3.8) is 0 Å². The van der Waals surface area contributed by atoms with Gasteiger partial charge in [-0.05, 0) is 54.6 Å². The lowest BCUT2D eigenvalue weighted by Crippen LogP contribution is -2.38. The third-order valence-electron chi connectivity index (χ3n) is 6.61. The van der Waals surface area contributed by atoms with Gasteiger partial charge in [-0.15, -0.1) is 0 Å². The topological polar surface area (TPSA) is 35.5 Å². The molecule has 0 bridgehead atoms. The summed E-state index contributed by atoms with van der Waals surface area (Å²) in [6.07, 6.45) is 1.77. The standard InChI is InChI=1S/C33H26O3P.BF4/c1-34-27-21-19-25(20-22-27)30-24-31(33(36-30)26-12-5-2-6-13-26)37(32-18-11-23-35-32,28-14-7-3-8-15-28)29-16-9-4-10-17-29;2-1(3,4)5/h2-24H,1H3;/q+1;-1. The van der Waals surface area contributed by atoms with Gasteiger partial charge < -0.3 is 30.8 Å². The van der Waals surface area contributed by atoms with E-state index in [1.165, 1.54) is 10.6 Å². The van der Waals surface area contributed by atoms with Gasteiger partial charge in [-0.1, -0.05) is 66.7 Å². The van der Waals surface area contributed by atoms with Gasteiger partial charge in [0.05, 0.1) is 13.4 Å². The Balaban J connectivity index is 0.000000652. The molecule has 2 heterocycles. The van der Waals surface area contributed by atoms with Crippen LogP contribution in [0, 0.1) is 0 Å². The van der Waals surface area contributed by atoms with Crippen LogP contribution in [0.3, 0.4) is 0 Å². The first-order valence-electron chi connectivity index (χ1n) is 13.1. The number of furan rings is 2. The van der Waals surface area contributed by atoms with E-state index in [1.807, 2.05) is 48.5 Å². The maximum absolute atomic E-state index is 9.75. The molecule has 0 amide bonds. The van der Waals surface area contributed by atoms with Gasteiger partial charge in [-0.2, -0.15) is 0 Å². The first-order valence-corrected chi connectivity index (χ1v) is 14.9. The largest absolute Gasteiger partial charge is 0.673 e. The Kier molecular flexibility index (Phi) is 8.65. The summed E-state index contributed by atoms with van der Waals surface area (Å²) < 4.78 is 57.4. The third kappa shape index (κ3) is 6.19. The second-order valence-electron chi connectivity index (χ2n) is 9.21. The number of halogens is 4. The van der Waals surface area contributed by atoms with Crippen LogP contribution in [0.15, 0.2) is 149 Å². The lowest BCUT2D eigenvalue weighted by Gasteiger charge is -2.24. The summed E-state index contributed by atoms with van der Waals surface area (Å²) in [7, 11) is -6.78. The Labute approximate surface area is 241 Å². The van der Waals surface area contributed by atoms with Crippen molar-refractivity contribution in [1.29, 1.82) is 0 Å². The van der Waals surface area contributed by atoms with E-state index in [0.29, 0.717) is 0 Å². The van der Waals surface area contributed by atoms with Crippen molar-refractivity contribution in [3.05, 3.63) is 140 Å². The van der Waals surface area contributed by atoms with Crippen molar-refractivity contribution in [1.82, 2.24) is 0 Å². The minimum atomic E-state index is -6.00. The fourth-order valence-corrected chi connectivity index (χ4v) is 9.05. The van der Waals surface area contributed by atoms with E-state index in [4.69, 9.17) is 13.6 Å². The molecule has 0 N–H and O–H groups in total. The predicted molar refractivity (Wildman–Crippen MR) is 163 cm³/mol. The molecule has 0 saturated heterocycles. The quantitative estimate of drug-likeness (QED) is 0.107. The zero-order chi connectivity index (χ0) is 29.6. The zero-order valence-corrected chi connectivity index (χ0v) is 23.4. The molecular weight excluding hydrogens is 562 g/mol. The van der Waals surface area contributed by atoms with Gasteiger partial charge in [-0.3, -0.25) is 0 Å². The average Bonchev–Trinajstić information content (AvgIpc) is 3.71. The molecule has 2 aromatic heterocycles. The first kappa shape index (κ1) is 29.0. The van der Waals surface area contributed by atoms with Crippen LogP contribution < -0.4 is 26.2 Å². The zero-order valence-electron chi connectivity index (χ0n) is 22.5. The van der Waals surface area contributed by atoms with E-state index in [9.17, 15) is 17.3 Å². The van der Waals surface area contributed by atoms with E-state index < -0.39 is 14.5 Å². The molecule has 212 valence electrons. The maximum atomic E-state index is 9.75. The normalized spacial score (nSPS) is 11.5. The summed E-state index contributed by atoms with van der Waals surface area (Å²) in [5.41, 5.74) is 2.95. The lowest BCUT2D eigenvalue weighted by molar-refractivity contribution is 0.368. The highest BCUT2D eigenvalue weighted by atomic mass is 31.2. The van der Waals surface area contributed by atoms with Crippen molar-refractivity contribution in [2.24, 2.45) is 0 Å². The fourth-order valence-electron chi connectivity index (χ4n) is 4.89. The monoisotopic (exact) mass is 588 g/mol. The molecule has 4 aromatic carbocycles. The van der Waals surface area contributed by atoms with Gasteiger partial charge in [0.2, 0.25) is 0 Å². The molecule has 9 heteroatoms. The Morgan fingerprint density at radius 1 is 0.619 bits per heavy atom. The van der Waals surface area contributed by atoms with Gasteiger partial charge in [0.1, 0.15) is 22.1 Å². The summed E-state index contributed by atoms with van der Waals surface area (Å²) in [6, 6.07) is 45.9. The van der Waals surface area contributed by atoms with Crippen LogP contribution in [0.2, 0.25) is 0 Å². The first-order chi connectivity index (χ1) is 20.3. The smallest absolute Gasteiger partial charge is 0.497 e. The summed E-state index contributed by atoms with van der Waals surface area (Å²) in [5, 5.41) is 3.53. The number of ether oxygens (including phenoxy) is 1. The second kappa shape index (κ2) is 12.5. The van der Waals surface area contributed by atoms with Gasteiger partial charge in [0, 0.05) is 23.3 Å². The minimum Gasteiger partial charge on any atom is -0.497 e. The van der Waals surface area contributed by atoms with E-state index in [-0.39, 0.29) is 0 Å². The van der Waals surface area contributed by atoms with Crippen LogP contribution in [-0.4, -0.2) is 14.4 Å². The van der Waals surface area contributed by atoms with Crippen molar-refractivity contribution in [3.8, 4) is 28.4 Å². The number of hydrogen-bond donors (Lipinski definition) is 0. The van der Waals surface area contributed by atoms with E-state index in [0.717, 1.165) is 39.2 Å². The van der Waals surface area contributed by atoms with Crippen molar-refractivity contribution < 1.29 is 30.8 Å². The van der Waals surface area contributed by atoms with E-state index >= 15 is 0 Å². The summed E-state index contributed by atoms with van der Waals surface area (Å²) in [5.74, 6) is 2.47. The molecular formula is C33H26BF4O3P. The summed E-state index contributed by atoms with van der Waals surface area (Å²) >= 11 is 0. The van der Waals surface area contributed by atoms with Crippen LogP contribution in [0.25, 0.3) is 22.6 Å². The molecule has 6 aromatic rings. The number of rotatable bonds is 7. The third-order valence-corrected chi connectivity index (χ3v) is 10.7. The molecule has 0 unspecified atom stereocenters. The summed E-state index contributed by atoms with van der Waals surface area (Å²) in [6.45, 7) is 0. The van der Waals surface area contributed by atoms with Gasteiger partial charge in [0.15, 0.2) is 18.3 Å². The van der Waals surface area contributed by atoms with Gasteiger partial charge in [-0.25, -0.2) is 0 Å². The number of hydrogen-bond acceptors (Lipinski definition) is 3. The molecule has 42 heavy (non-hydrogen) atoms. The highest BCUT2D eigenvalue weighted by Gasteiger charge is 2.54. The Morgan fingerprint density at radius 3 is 1.62 bits per heavy atom. The van der Waals surface area contributed by atoms with Crippen molar-refractivity contribution in [2.75, 3.05) is 7.11 Å². The SMILES string of the molecule is COc1ccc(-c2cc([P+](c3ccccc3)(c3ccccc3)c3ccco3)c(-c3ccccc3)o2)cc1.F[B-](F)(F)F. The minimum absolute atomic E-state index is 0.805. The average molecular weight is 588 g/mol. The second-order valence-corrected chi connectivity index (χ2v) is 12.5. The van der Waals surface area contributed by atoms with Crippen LogP contribution in [-0.2, 0) is 0 Å². The molecule has 0 saturated carbocycles. The maximum Gasteiger partial charge on any atom is 0.673 e. The number of methoxy groups -OCH3 is 1. The Morgan fingerprint density at radius 2 is 1.14 bits per heavy atom. The molecule has 0 aliphatic heterocycles. The summed E-state index contributed by atoms with van der Waals surface area (Å²) in [4.78, 5) is 0. The molecule has 0 atom stereocenters. The highest BCUT2D eigenvalue weighted by Crippen LogP contribution is 2.57. The van der Waals surface area contributed by atoms with E-state index in [1.54, 1.807) is 13.4 Å². The van der Waals surface area contributed by atoms with Crippen molar-refractivity contribution in [2.45, 2.75) is 0 Å². The van der Waals surface area contributed by atoms with Crippen LogP contribution in [0.4, 0.5) is 17.3 Å².